The minimum atomic E-state index is -0.0753. The SMILES string of the molecule is CCCCC/C(=C\C=C\C(=O)NCCN(C)Cc1cccnc1)c1ccc(OC)cc1. The molecule has 0 saturated heterocycles. The Bertz CT molecular complexity index is 829. The molecule has 1 aromatic heterocycles. The first-order chi connectivity index (χ1) is 15.1. The maximum absolute atomic E-state index is 12.2. The van der Waals surface area contributed by atoms with Gasteiger partial charge in [-0.05, 0) is 54.8 Å². The number of hydrogen-bond acceptors (Lipinski definition) is 4. The molecule has 0 saturated carbocycles. The van der Waals surface area contributed by atoms with Crippen molar-refractivity contribution in [3.05, 3.63) is 78.1 Å². The first kappa shape index (κ1) is 24.4. The first-order valence-electron chi connectivity index (χ1n) is 11.0. The van der Waals surface area contributed by atoms with Gasteiger partial charge in [0, 0.05) is 38.1 Å². The Morgan fingerprint density at radius 2 is 2.00 bits per heavy atom. The van der Waals surface area contributed by atoms with E-state index in [9.17, 15) is 4.79 Å². The van der Waals surface area contributed by atoms with E-state index in [0.717, 1.165) is 37.2 Å². The van der Waals surface area contributed by atoms with Crippen molar-refractivity contribution in [1.29, 1.82) is 0 Å². The van der Waals surface area contributed by atoms with Crippen LogP contribution in [-0.2, 0) is 11.3 Å². The van der Waals surface area contributed by atoms with Gasteiger partial charge in [-0.15, -0.1) is 0 Å². The van der Waals surface area contributed by atoms with Gasteiger partial charge in [0.1, 0.15) is 5.75 Å². The summed E-state index contributed by atoms with van der Waals surface area (Å²) < 4.78 is 5.25. The minimum Gasteiger partial charge on any atom is -0.497 e. The van der Waals surface area contributed by atoms with Gasteiger partial charge in [-0.2, -0.15) is 0 Å². The lowest BCUT2D eigenvalue weighted by atomic mass is 9.99. The molecule has 2 rings (SSSR count). The quantitative estimate of drug-likeness (QED) is 0.285. The van der Waals surface area contributed by atoms with Gasteiger partial charge >= 0.3 is 0 Å². The molecule has 0 aliphatic heterocycles. The minimum absolute atomic E-state index is 0.0753. The van der Waals surface area contributed by atoms with Gasteiger partial charge in [0.05, 0.1) is 7.11 Å². The second-order valence-electron chi connectivity index (χ2n) is 7.63. The highest BCUT2D eigenvalue weighted by molar-refractivity contribution is 5.88. The van der Waals surface area contributed by atoms with E-state index in [1.54, 1.807) is 19.4 Å². The summed E-state index contributed by atoms with van der Waals surface area (Å²) in [7, 11) is 3.71. The van der Waals surface area contributed by atoms with Crippen molar-refractivity contribution in [3.8, 4) is 5.75 Å². The van der Waals surface area contributed by atoms with E-state index in [-0.39, 0.29) is 5.91 Å². The van der Waals surface area contributed by atoms with Crippen LogP contribution in [0.2, 0.25) is 0 Å². The molecule has 5 nitrogen and oxygen atoms in total. The number of allylic oxidation sites excluding steroid dienone is 3. The molecule has 1 amide bonds. The van der Waals surface area contributed by atoms with E-state index in [1.807, 2.05) is 43.6 Å². The van der Waals surface area contributed by atoms with Gasteiger partial charge in [-0.1, -0.05) is 50.1 Å². The van der Waals surface area contributed by atoms with E-state index < -0.39 is 0 Å². The Labute approximate surface area is 186 Å². The van der Waals surface area contributed by atoms with Crippen molar-refractivity contribution in [3.63, 3.8) is 0 Å². The summed E-state index contributed by atoms with van der Waals surface area (Å²) in [5, 5.41) is 2.95. The van der Waals surface area contributed by atoms with Crippen LogP contribution in [0.3, 0.4) is 0 Å². The topological polar surface area (TPSA) is 54.5 Å². The lowest BCUT2D eigenvalue weighted by Crippen LogP contribution is -2.31. The number of aromatic nitrogens is 1. The Hall–Kier alpha value is -2.92. The molecule has 5 heteroatoms. The normalized spacial score (nSPS) is 11.8. The van der Waals surface area contributed by atoms with Crippen LogP contribution in [0, 0.1) is 0 Å². The smallest absolute Gasteiger partial charge is 0.244 e. The molecule has 0 radical (unpaired) electrons. The van der Waals surface area contributed by atoms with Crippen molar-refractivity contribution in [1.82, 2.24) is 15.2 Å². The first-order valence-corrected chi connectivity index (χ1v) is 11.0. The number of carbonyl (C=O) groups is 1. The predicted molar refractivity (Wildman–Crippen MR) is 128 cm³/mol. The van der Waals surface area contributed by atoms with Crippen LogP contribution in [0.5, 0.6) is 5.75 Å². The zero-order chi connectivity index (χ0) is 22.3. The lowest BCUT2D eigenvalue weighted by Gasteiger charge is -2.16. The Balaban J connectivity index is 1.84. The Morgan fingerprint density at radius 3 is 2.68 bits per heavy atom. The van der Waals surface area contributed by atoms with E-state index >= 15 is 0 Å². The van der Waals surface area contributed by atoms with Crippen LogP contribution in [-0.4, -0.2) is 43.0 Å². The average molecular weight is 422 g/mol. The highest BCUT2D eigenvalue weighted by Crippen LogP contribution is 2.23. The number of nitrogens with one attached hydrogen (secondary N) is 1. The van der Waals surface area contributed by atoms with E-state index in [2.05, 4.69) is 40.3 Å². The van der Waals surface area contributed by atoms with Crippen LogP contribution < -0.4 is 10.1 Å². The number of ether oxygens (including phenoxy) is 1. The summed E-state index contributed by atoms with van der Waals surface area (Å²) in [5.41, 5.74) is 3.56. The molecule has 1 N–H and O–H groups in total. The lowest BCUT2D eigenvalue weighted by molar-refractivity contribution is -0.116. The second kappa shape index (κ2) is 14.1. The molecule has 1 heterocycles. The van der Waals surface area contributed by atoms with Gasteiger partial charge in [-0.25, -0.2) is 0 Å². The average Bonchev–Trinajstić information content (AvgIpc) is 2.79. The number of nitrogens with zero attached hydrogens (tertiary/aromatic N) is 2. The third-order valence-electron chi connectivity index (χ3n) is 5.02. The fourth-order valence-electron chi connectivity index (χ4n) is 3.26. The second-order valence-corrected chi connectivity index (χ2v) is 7.63. The van der Waals surface area contributed by atoms with Gasteiger partial charge < -0.3 is 15.0 Å². The maximum atomic E-state index is 12.2. The molecular formula is C26H35N3O2. The molecule has 0 unspecified atom stereocenters. The third-order valence-corrected chi connectivity index (χ3v) is 5.02. The summed E-state index contributed by atoms with van der Waals surface area (Å²) in [6.45, 7) is 4.39. The standard InChI is InChI=1S/C26H35N3O2/c1-4-5-6-10-23(24-13-15-25(31-3)16-14-24)11-7-12-26(30)28-18-19-29(2)21-22-9-8-17-27-20-22/h7-9,11-17,20H,4-6,10,18-19,21H2,1-3H3,(H,28,30)/b12-7+,23-11+. The van der Waals surface area contributed by atoms with Gasteiger partial charge in [0.2, 0.25) is 5.91 Å². The van der Waals surface area contributed by atoms with Crippen molar-refractivity contribution in [2.75, 3.05) is 27.2 Å². The molecule has 0 fully saturated rings. The molecule has 166 valence electrons. The van der Waals surface area contributed by atoms with Crippen LogP contribution in [0.25, 0.3) is 5.57 Å². The fraction of sp³-hybridized carbons (Fsp3) is 0.385. The Morgan fingerprint density at radius 1 is 1.19 bits per heavy atom. The molecule has 0 atom stereocenters. The molecule has 0 aliphatic rings. The molecule has 31 heavy (non-hydrogen) atoms. The number of unbranched alkanes of at least 4 members (excludes halogenated alkanes) is 2. The van der Waals surface area contributed by atoms with Crippen molar-refractivity contribution < 1.29 is 9.53 Å². The highest BCUT2D eigenvalue weighted by atomic mass is 16.5. The zero-order valence-corrected chi connectivity index (χ0v) is 19.0. The third kappa shape index (κ3) is 9.62. The number of pyridine rings is 1. The monoisotopic (exact) mass is 421 g/mol. The molecule has 0 aliphatic carbocycles. The van der Waals surface area contributed by atoms with E-state index in [0.29, 0.717) is 6.54 Å². The maximum Gasteiger partial charge on any atom is 0.244 e. The van der Waals surface area contributed by atoms with Crippen LogP contribution in [0.1, 0.15) is 43.7 Å². The molecule has 1 aromatic carbocycles. The fourth-order valence-corrected chi connectivity index (χ4v) is 3.26. The van der Waals surface area contributed by atoms with E-state index in [1.165, 1.54) is 24.0 Å². The summed E-state index contributed by atoms with van der Waals surface area (Å²) >= 11 is 0. The molecule has 2 aromatic rings. The zero-order valence-electron chi connectivity index (χ0n) is 19.0. The van der Waals surface area contributed by atoms with Crippen molar-refractivity contribution in [2.45, 2.75) is 39.2 Å². The van der Waals surface area contributed by atoms with Crippen molar-refractivity contribution >= 4 is 11.5 Å². The van der Waals surface area contributed by atoms with Crippen LogP contribution in [0.4, 0.5) is 0 Å². The number of likely N-dealkylation sites (N-methyl/N-ethyl adjacent to an activating group) is 1. The summed E-state index contributed by atoms with van der Waals surface area (Å²) in [4.78, 5) is 18.5. The number of amides is 1. The highest BCUT2D eigenvalue weighted by Gasteiger charge is 2.03. The number of benzene rings is 1. The number of rotatable bonds is 13. The largest absolute Gasteiger partial charge is 0.497 e. The number of hydrogen-bond donors (Lipinski definition) is 1. The van der Waals surface area contributed by atoms with Crippen LogP contribution in [0.15, 0.2) is 67.0 Å². The predicted octanol–water partition coefficient (Wildman–Crippen LogP) is 4.86. The molecule has 0 spiro atoms. The Kier molecular flexibility index (Phi) is 11.1. The molecular weight excluding hydrogens is 386 g/mol. The van der Waals surface area contributed by atoms with Gasteiger partial charge in [0.25, 0.3) is 0 Å². The van der Waals surface area contributed by atoms with Gasteiger partial charge in [0.15, 0.2) is 0 Å². The van der Waals surface area contributed by atoms with E-state index in [4.69, 9.17) is 4.74 Å². The summed E-state index contributed by atoms with van der Waals surface area (Å²) in [5.74, 6) is 0.772. The molecule has 0 bridgehead atoms. The van der Waals surface area contributed by atoms with Crippen molar-refractivity contribution in [2.24, 2.45) is 0 Å². The van der Waals surface area contributed by atoms with Gasteiger partial charge in [-0.3, -0.25) is 9.78 Å². The number of carbonyl (C=O) groups excluding carboxylic acids is 1. The summed E-state index contributed by atoms with van der Waals surface area (Å²) in [6.07, 6.45) is 13.6. The number of methoxy groups -OCH3 is 1. The van der Waals surface area contributed by atoms with Crippen LogP contribution >= 0.6 is 0 Å². The summed E-state index contributed by atoms with van der Waals surface area (Å²) in [6, 6.07) is 12.1.